The fraction of sp³-hybridized carbons (Fsp3) is 0.462. The molecule has 2 aromatic rings. The summed E-state index contributed by atoms with van der Waals surface area (Å²) in [7, 11) is 0. The lowest BCUT2D eigenvalue weighted by Gasteiger charge is -2.30. The van der Waals surface area contributed by atoms with Crippen LogP contribution in [0.5, 0.6) is 0 Å². The maximum absolute atomic E-state index is 14.4. The van der Waals surface area contributed by atoms with E-state index in [2.05, 4.69) is 22.2 Å². The molecule has 0 unspecified atom stereocenters. The SMILES string of the molecule is CC(C)(CC1Cc2ccccc2C1)NC[C@@H](O)c1cc(CCC(=O)OC(=O)C(F)(F)F)cc(F)c1F. The van der Waals surface area contributed by atoms with Gasteiger partial charge in [0.1, 0.15) is 0 Å². The van der Waals surface area contributed by atoms with Crippen LogP contribution in [0.4, 0.5) is 22.0 Å². The molecule has 1 aliphatic carbocycles. The Labute approximate surface area is 205 Å². The predicted octanol–water partition coefficient (Wildman–Crippen LogP) is 4.74. The van der Waals surface area contributed by atoms with Crippen molar-refractivity contribution in [1.29, 1.82) is 0 Å². The Balaban J connectivity index is 1.57. The number of fused-ring (bicyclic) bond motifs is 1. The van der Waals surface area contributed by atoms with E-state index in [1.54, 1.807) is 0 Å². The first-order valence-electron chi connectivity index (χ1n) is 11.5. The summed E-state index contributed by atoms with van der Waals surface area (Å²) in [5.74, 6) is -6.23. The van der Waals surface area contributed by atoms with Crippen molar-refractivity contribution in [2.75, 3.05) is 6.54 Å². The standard InChI is InChI=1S/C26H28F5NO4/c1-25(2,13-16-9-17-5-3-4-6-18(17)10-16)32-14-21(33)19-11-15(12-20(27)23(19)28)7-8-22(34)36-24(35)26(29,30)31/h3-6,11-12,16,21,32-33H,7-10,13-14H2,1-2H3/t21-/m1/s1. The molecule has 2 aromatic carbocycles. The van der Waals surface area contributed by atoms with E-state index in [-0.39, 0.29) is 24.1 Å². The monoisotopic (exact) mass is 513 g/mol. The van der Waals surface area contributed by atoms with Crippen molar-refractivity contribution in [3.63, 3.8) is 0 Å². The summed E-state index contributed by atoms with van der Waals surface area (Å²) in [5.41, 5.74) is 1.94. The number of rotatable bonds is 9. The third-order valence-electron chi connectivity index (χ3n) is 6.24. The number of nitrogens with one attached hydrogen (secondary N) is 1. The third kappa shape index (κ3) is 7.33. The molecular formula is C26H28F5NO4. The minimum Gasteiger partial charge on any atom is -0.387 e. The molecule has 0 fully saturated rings. The lowest BCUT2D eigenvalue weighted by Crippen LogP contribution is -2.43. The van der Waals surface area contributed by atoms with Gasteiger partial charge in [-0.25, -0.2) is 13.6 Å². The second-order valence-electron chi connectivity index (χ2n) is 9.77. The summed E-state index contributed by atoms with van der Waals surface area (Å²) >= 11 is 0. The largest absolute Gasteiger partial charge is 0.491 e. The fourth-order valence-electron chi connectivity index (χ4n) is 4.59. The molecule has 0 amide bonds. The van der Waals surface area contributed by atoms with E-state index in [1.165, 1.54) is 11.1 Å². The zero-order valence-corrected chi connectivity index (χ0v) is 19.9. The van der Waals surface area contributed by atoms with E-state index in [1.807, 2.05) is 26.0 Å². The molecule has 36 heavy (non-hydrogen) atoms. The van der Waals surface area contributed by atoms with E-state index < -0.39 is 47.8 Å². The molecular weight excluding hydrogens is 485 g/mol. The number of aryl methyl sites for hydroxylation is 1. The minimum absolute atomic E-state index is 0.0577. The fourth-order valence-corrected chi connectivity index (χ4v) is 4.59. The Morgan fingerprint density at radius 2 is 1.72 bits per heavy atom. The number of benzene rings is 2. The van der Waals surface area contributed by atoms with Crippen LogP contribution in [0.1, 0.15) is 55.0 Å². The third-order valence-corrected chi connectivity index (χ3v) is 6.24. The highest BCUT2D eigenvalue weighted by Gasteiger charge is 2.42. The molecule has 5 nitrogen and oxygen atoms in total. The normalized spacial score (nSPS) is 15.0. The van der Waals surface area contributed by atoms with E-state index >= 15 is 0 Å². The maximum Gasteiger partial charge on any atom is 0.491 e. The summed E-state index contributed by atoms with van der Waals surface area (Å²) in [6.07, 6.45) is -5.04. The molecule has 2 N–H and O–H groups in total. The van der Waals surface area contributed by atoms with Gasteiger partial charge in [-0.2, -0.15) is 13.2 Å². The van der Waals surface area contributed by atoms with Gasteiger partial charge in [-0.1, -0.05) is 24.3 Å². The minimum atomic E-state index is -5.32. The van der Waals surface area contributed by atoms with E-state index in [0.29, 0.717) is 5.92 Å². The second kappa shape index (κ2) is 11.0. The Kier molecular flexibility index (Phi) is 8.51. The average Bonchev–Trinajstić information content (AvgIpc) is 3.19. The number of hydrogen-bond acceptors (Lipinski definition) is 5. The van der Waals surface area contributed by atoms with Crippen molar-refractivity contribution in [2.45, 2.75) is 63.8 Å². The Hall–Kier alpha value is -2.85. The van der Waals surface area contributed by atoms with Crippen molar-refractivity contribution in [1.82, 2.24) is 5.32 Å². The van der Waals surface area contributed by atoms with Gasteiger partial charge >= 0.3 is 18.1 Å². The molecule has 0 saturated carbocycles. The average molecular weight is 514 g/mol. The summed E-state index contributed by atoms with van der Waals surface area (Å²) in [5, 5.41) is 13.8. The van der Waals surface area contributed by atoms with Crippen molar-refractivity contribution >= 4 is 11.9 Å². The highest BCUT2D eigenvalue weighted by atomic mass is 19.4. The van der Waals surface area contributed by atoms with Crippen molar-refractivity contribution in [2.24, 2.45) is 5.92 Å². The Bertz CT molecular complexity index is 1090. The number of hydrogen-bond donors (Lipinski definition) is 2. The van der Waals surface area contributed by atoms with Gasteiger partial charge in [-0.3, -0.25) is 4.79 Å². The van der Waals surface area contributed by atoms with Gasteiger partial charge in [0, 0.05) is 17.6 Å². The zero-order chi connectivity index (χ0) is 26.7. The van der Waals surface area contributed by atoms with Gasteiger partial charge in [0.25, 0.3) is 0 Å². The molecule has 0 bridgehead atoms. The van der Waals surface area contributed by atoms with Crippen molar-refractivity contribution in [3.8, 4) is 0 Å². The lowest BCUT2D eigenvalue weighted by molar-refractivity contribution is -0.201. The van der Waals surface area contributed by atoms with Crippen molar-refractivity contribution < 1.29 is 41.4 Å². The van der Waals surface area contributed by atoms with Crippen LogP contribution in [0, 0.1) is 17.6 Å². The molecule has 0 aromatic heterocycles. The van der Waals surface area contributed by atoms with Crippen molar-refractivity contribution in [3.05, 3.63) is 70.3 Å². The van der Waals surface area contributed by atoms with Crippen LogP contribution < -0.4 is 5.32 Å². The Morgan fingerprint density at radius 3 is 2.31 bits per heavy atom. The number of esters is 2. The number of carbonyl (C=O) groups is 2. The number of carbonyl (C=O) groups excluding carboxylic acids is 2. The molecule has 0 aliphatic heterocycles. The van der Waals surface area contributed by atoms with Gasteiger partial charge in [0.15, 0.2) is 11.6 Å². The van der Waals surface area contributed by atoms with Crippen LogP contribution in [0.3, 0.4) is 0 Å². The smallest absolute Gasteiger partial charge is 0.387 e. The first-order valence-corrected chi connectivity index (χ1v) is 11.5. The van der Waals surface area contributed by atoms with E-state index in [9.17, 15) is 36.6 Å². The highest BCUT2D eigenvalue weighted by Crippen LogP contribution is 2.32. The second-order valence-corrected chi connectivity index (χ2v) is 9.77. The first-order chi connectivity index (χ1) is 16.7. The summed E-state index contributed by atoms with van der Waals surface area (Å²) in [6.45, 7) is 3.85. The number of ether oxygens (including phenoxy) is 1. The van der Waals surface area contributed by atoms with Crippen LogP contribution in [0.25, 0.3) is 0 Å². The zero-order valence-electron chi connectivity index (χ0n) is 19.9. The number of alkyl halides is 3. The van der Waals surface area contributed by atoms with E-state index in [4.69, 9.17) is 0 Å². The lowest BCUT2D eigenvalue weighted by atomic mass is 9.88. The molecule has 0 radical (unpaired) electrons. The molecule has 0 saturated heterocycles. The molecule has 196 valence electrons. The number of halogens is 5. The number of aliphatic hydroxyl groups excluding tert-OH is 1. The summed E-state index contributed by atoms with van der Waals surface area (Å²) < 4.78 is 68.8. The summed E-state index contributed by atoms with van der Waals surface area (Å²) in [6, 6.07) is 10.2. The van der Waals surface area contributed by atoms with Gasteiger partial charge in [-0.15, -0.1) is 0 Å². The number of β-amino-alcohol motifs (C(OH)–C–C–N with tert-alkyl or cyclic N) is 1. The van der Waals surface area contributed by atoms with Crippen LogP contribution >= 0.6 is 0 Å². The topological polar surface area (TPSA) is 75.6 Å². The molecule has 1 atom stereocenters. The molecule has 3 rings (SSSR count). The molecule has 1 aliphatic rings. The van der Waals surface area contributed by atoms with Crippen LogP contribution in [-0.4, -0.2) is 35.3 Å². The summed E-state index contributed by atoms with van der Waals surface area (Å²) in [4.78, 5) is 22.2. The van der Waals surface area contributed by atoms with Crippen LogP contribution in [0.2, 0.25) is 0 Å². The van der Waals surface area contributed by atoms with Gasteiger partial charge in [0.2, 0.25) is 0 Å². The Morgan fingerprint density at radius 1 is 1.11 bits per heavy atom. The number of aliphatic hydroxyl groups is 1. The van der Waals surface area contributed by atoms with Gasteiger partial charge in [-0.05, 0) is 74.3 Å². The van der Waals surface area contributed by atoms with Crippen LogP contribution in [0.15, 0.2) is 36.4 Å². The maximum atomic E-state index is 14.4. The molecule has 10 heteroatoms. The first kappa shape index (κ1) is 27.7. The van der Waals surface area contributed by atoms with E-state index in [0.717, 1.165) is 31.4 Å². The predicted molar refractivity (Wildman–Crippen MR) is 121 cm³/mol. The van der Waals surface area contributed by atoms with Gasteiger partial charge < -0.3 is 15.2 Å². The molecule has 0 heterocycles. The quantitative estimate of drug-likeness (QED) is 0.288. The highest BCUT2D eigenvalue weighted by molar-refractivity contribution is 5.88. The van der Waals surface area contributed by atoms with Gasteiger partial charge in [0.05, 0.1) is 12.5 Å². The van der Waals surface area contributed by atoms with Crippen LogP contribution in [-0.2, 0) is 33.6 Å². The molecule has 0 spiro atoms.